The summed E-state index contributed by atoms with van der Waals surface area (Å²) in [6.07, 6.45) is 5.84. The number of imidazole rings is 1. The predicted octanol–water partition coefficient (Wildman–Crippen LogP) is -0.663. The molecule has 3 saturated heterocycles. The molecule has 29 heavy (non-hydrogen) atoms. The first-order valence-corrected chi connectivity index (χ1v) is 10.7. The van der Waals surface area contributed by atoms with Crippen molar-refractivity contribution in [3.05, 3.63) is 18.2 Å². The number of hydrogen-bond acceptors (Lipinski definition) is 6. The lowest BCUT2D eigenvalue weighted by atomic mass is 10.0. The maximum absolute atomic E-state index is 12.9. The average molecular weight is 404 g/mol. The maximum atomic E-state index is 12.9. The third-order valence-electron chi connectivity index (χ3n) is 6.80. The summed E-state index contributed by atoms with van der Waals surface area (Å²) in [6.45, 7) is 5.66. The third kappa shape index (κ3) is 4.46. The molecular weight excluding hydrogens is 370 g/mol. The number of piperazine rings is 1. The molecule has 0 radical (unpaired) electrons. The average Bonchev–Trinajstić information content (AvgIpc) is 3.35. The Balaban J connectivity index is 1.35. The van der Waals surface area contributed by atoms with Gasteiger partial charge in [0.15, 0.2) is 0 Å². The highest BCUT2D eigenvalue weighted by atomic mass is 16.2. The van der Waals surface area contributed by atoms with Crippen molar-refractivity contribution in [1.82, 2.24) is 34.9 Å². The van der Waals surface area contributed by atoms with Gasteiger partial charge in [-0.3, -0.25) is 19.4 Å². The maximum Gasteiger partial charge on any atom is 0.239 e. The van der Waals surface area contributed by atoms with E-state index >= 15 is 0 Å². The summed E-state index contributed by atoms with van der Waals surface area (Å²) >= 11 is 0. The molecule has 0 bridgehead atoms. The normalized spacial score (nSPS) is 29.5. The fourth-order valence-corrected chi connectivity index (χ4v) is 4.91. The van der Waals surface area contributed by atoms with E-state index in [1.54, 1.807) is 6.20 Å². The van der Waals surface area contributed by atoms with Gasteiger partial charge >= 0.3 is 0 Å². The molecule has 1 aromatic heterocycles. The number of nitrogens with zero attached hydrogens (tertiary/aromatic N) is 5. The Morgan fingerprint density at radius 1 is 1.21 bits per heavy atom. The molecule has 0 aliphatic carbocycles. The Labute approximate surface area is 172 Å². The lowest BCUT2D eigenvalue weighted by molar-refractivity contribution is -0.133. The quantitative estimate of drug-likeness (QED) is 0.679. The van der Waals surface area contributed by atoms with Crippen LogP contribution >= 0.6 is 0 Å². The van der Waals surface area contributed by atoms with Crippen molar-refractivity contribution in [2.75, 3.05) is 53.4 Å². The van der Waals surface area contributed by atoms with E-state index in [0.29, 0.717) is 19.5 Å². The van der Waals surface area contributed by atoms with Gasteiger partial charge in [0, 0.05) is 70.2 Å². The fourth-order valence-electron chi connectivity index (χ4n) is 4.91. The van der Waals surface area contributed by atoms with Crippen molar-refractivity contribution in [1.29, 1.82) is 0 Å². The number of hydrogen-bond donors (Lipinski definition) is 2. The number of likely N-dealkylation sites (N-methyl/N-ethyl adjacent to an activating group) is 2. The van der Waals surface area contributed by atoms with Crippen molar-refractivity contribution in [2.24, 2.45) is 0 Å². The van der Waals surface area contributed by atoms with Crippen LogP contribution in [0.5, 0.6) is 0 Å². The molecule has 2 N–H and O–H groups in total. The van der Waals surface area contributed by atoms with Gasteiger partial charge in [-0.15, -0.1) is 0 Å². The summed E-state index contributed by atoms with van der Waals surface area (Å²) in [5, 5.41) is 3.13. The number of carbonyl (C=O) groups excluding carboxylic acids is 2. The van der Waals surface area contributed by atoms with Crippen molar-refractivity contribution >= 4 is 11.8 Å². The monoisotopic (exact) mass is 403 g/mol. The molecule has 3 fully saturated rings. The SMILES string of the molecule is CN1CCN(C(=O)CC[C@H]2CNC(=O)[C@@H]3[C@@H](CCN3Cc3ncc[nH]3)N2C)CC1. The Kier molecular flexibility index (Phi) is 6.17. The molecule has 9 nitrogen and oxygen atoms in total. The summed E-state index contributed by atoms with van der Waals surface area (Å²) in [7, 11) is 4.21. The van der Waals surface area contributed by atoms with Crippen LogP contribution in [0.2, 0.25) is 0 Å². The second-order valence-electron chi connectivity index (χ2n) is 8.59. The van der Waals surface area contributed by atoms with Gasteiger partial charge in [-0.25, -0.2) is 4.98 Å². The molecule has 0 saturated carbocycles. The lowest BCUT2D eigenvalue weighted by Gasteiger charge is -2.34. The van der Waals surface area contributed by atoms with E-state index in [-0.39, 0.29) is 29.9 Å². The van der Waals surface area contributed by atoms with E-state index in [0.717, 1.165) is 51.4 Å². The molecule has 4 heterocycles. The number of fused-ring (bicyclic) bond motifs is 1. The molecule has 160 valence electrons. The van der Waals surface area contributed by atoms with E-state index in [2.05, 4.69) is 44.1 Å². The topological polar surface area (TPSA) is 87.8 Å². The van der Waals surface area contributed by atoms with Crippen LogP contribution in [-0.4, -0.2) is 113 Å². The van der Waals surface area contributed by atoms with Crippen LogP contribution in [0.25, 0.3) is 0 Å². The van der Waals surface area contributed by atoms with Gasteiger partial charge in [0.2, 0.25) is 11.8 Å². The molecule has 2 amide bonds. The van der Waals surface area contributed by atoms with Crippen molar-refractivity contribution in [3.8, 4) is 0 Å². The van der Waals surface area contributed by atoms with Gasteiger partial charge in [-0.1, -0.05) is 0 Å². The van der Waals surface area contributed by atoms with Gasteiger partial charge in [0.05, 0.1) is 6.54 Å². The van der Waals surface area contributed by atoms with E-state index in [1.807, 2.05) is 11.1 Å². The number of nitrogens with one attached hydrogen (secondary N) is 2. The number of carbonyl (C=O) groups is 2. The van der Waals surface area contributed by atoms with Gasteiger partial charge in [-0.2, -0.15) is 0 Å². The zero-order valence-electron chi connectivity index (χ0n) is 17.5. The number of amides is 2. The number of rotatable bonds is 5. The number of aromatic amines is 1. The van der Waals surface area contributed by atoms with Crippen LogP contribution in [-0.2, 0) is 16.1 Å². The van der Waals surface area contributed by atoms with E-state index in [9.17, 15) is 9.59 Å². The fraction of sp³-hybridized carbons (Fsp3) is 0.750. The minimum absolute atomic E-state index is 0.0961. The third-order valence-corrected chi connectivity index (χ3v) is 6.80. The van der Waals surface area contributed by atoms with Gasteiger partial charge < -0.3 is 20.1 Å². The van der Waals surface area contributed by atoms with E-state index < -0.39 is 0 Å². The van der Waals surface area contributed by atoms with Crippen LogP contribution in [0.4, 0.5) is 0 Å². The Hall–Kier alpha value is -1.97. The molecule has 0 spiro atoms. The highest BCUT2D eigenvalue weighted by molar-refractivity contribution is 5.83. The van der Waals surface area contributed by atoms with Gasteiger partial charge in [-0.05, 0) is 26.9 Å². The Bertz CT molecular complexity index is 702. The molecule has 1 aromatic rings. The minimum atomic E-state index is -0.163. The van der Waals surface area contributed by atoms with Crippen LogP contribution in [0.3, 0.4) is 0 Å². The predicted molar refractivity (Wildman–Crippen MR) is 109 cm³/mol. The van der Waals surface area contributed by atoms with Gasteiger partial charge in [0.1, 0.15) is 11.9 Å². The number of aromatic nitrogens is 2. The summed E-state index contributed by atoms with van der Waals surface area (Å²) in [5.41, 5.74) is 0. The minimum Gasteiger partial charge on any atom is -0.353 e. The summed E-state index contributed by atoms with van der Waals surface area (Å²) in [5.74, 6) is 1.22. The van der Waals surface area contributed by atoms with E-state index in [1.165, 1.54) is 0 Å². The summed E-state index contributed by atoms with van der Waals surface area (Å²) in [4.78, 5) is 41.7. The smallest absolute Gasteiger partial charge is 0.239 e. The molecule has 0 unspecified atom stereocenters. The molecule has 4 rings (SSSR count). The van der Waals surface area contributed by atoms with Crippen molar-refractivity contribution in [3.63, 3.8) is 0 Å². The van der Waals surface area contributed by atoms with Crippen LogP contribution < -0.4 is 5.32 Å². The lowest BCUT2D eigenvalue weighted by Crippen LogP contribution is -2.50. The largest absolute Gasteiger partial charge is 0.353 e. The molecule has 3 aliphatic rings. The van der Waals surface area contributed by atoms with Crippen molar-refractivity contribution < 1.29 is 9.59 Å². The Morgan fingerprint density at radius 3 is 2.72 bits per heavy atom. The second-order valence-corrected chi connectivity index (χ2v) is 8.59. The first-order chi connectivity index (χ1) is 14.0. The zero-order chi connectivity index (χ0) is 20.4. The highest BCUT2D eigenvalue weighted by Gasteiger charge is 2.45. The van der Waals surface area contributed by atoms with Crippen LogP contribution in [0.1, 0.15) is 25.1 Å². The number of H-pyrrole nitrogens is 1. The van der Waals surface area contributed by atoms with Crippen LogP contribution in [0, 0.1) is 0 Å². The first kappa shape index (κ1) is 20.3. The molecule has 3 aliphatic heterocycles. The molecular formula is C20H33N7O2. The molecule has 9 heteroatoms. The summed E-state index contributed by atoms with van der Waals surface area (Å²) < 4.78 is 0. The zero-order valence-corrected chi connectivity index (χ0v) is 17.5. The van der Waals surface area contributed by atoms with E-state index in [4.69, 9.17) is 0 Å². The Morgan fingerprint density at radius 2 is 2.00 bits per heavy atom. The van der Waals surface area contributed by atoms with Crippen LogP contribution in [0.15, 0.2) is 12.4 Å². The molecule has 3 atom stereocenters. The number of likely N-dealkylation sites (tertiary alicyclic amines) is 1. The van der Waals surface area contributed by atoms with Crippen molar-refractivity contribution in [2.45, 2.75) is 43.9 Å². The molecule has 0 aromatic carbocycles. The first-order valence-electron chi connectivity index (χ1n) is 10.7. The van der Waals surface area contributed by atoms with Gasteiger partial charge in [0.25, 0.3) is 0 Å². The second kappa shape index (κ2) is 8.81. The highest BCUT2D eigenvalue weighted by Crippen LogP contribution is 2.28. The summed E-state index contributed by atoms with van der Waals surface area (Å²) in [6, 6.07) is 0.202. The standard InChI is InChI=1S/C20H33N7O2/c1-24-9-11-26(12-10-24)18(28)4-3-15-13-23-20(29)19-16(25(15)2)5-8-27(19)14-17-21-6-7-22-17/h6-7,15-16,19H,3-5,8-14H2,1-2H3,(H,21,22)(H,23,29)/t15-,16+,19-/m0/s1.